The molecular weight excluding hydrogens is 302 g/mol. The molecular formula is C19H27N3O2. The van der Waals surface area contributed by atoms with Crippen LogP contribution in [0, 0.1) is 6.92 Å². The number of hydrogen-bond donors (Lipinski definition) is 2. The van der Waals surface area contributed by atoms with Gasteiger partial charge in [0.2, 0.25) is 5.91 Å². The maximum absolute atomic E-state index is 12.5. The van der Waals surface area contributed by atoms with E-state index in [1.807, 2.05) is 30.0 Å². The molecule has 5 nitrogen and oxygen atoms in total. The van der Waals surface area contributed by atoms with Crippen molar-refractivity contribution >= 4 is 17.5 Å². The average Bonchev–Trinajstić information content (AvgIpc) is 2.56. The Hall–Kier alpha value is -2.04. The lowest BCUT2D eigenvalue weighted by atomic mass is 9.91. The number of nitrogens with zero attached hydrogens (tertiary/aromatic N) is 1. The van der Waals surface area contributed by atoms with Crippen molar-refractivity contribution in [3.8, 4) is 0 Å². The first-order chi connectivity index (χ1) is 11.5. The van der Waals surface area contributed by atoms with Gasteiger partial charge < -0.3 is 15.5 Å². The molecule has 0 aromatic heterocycles. The fourth-order valence-electron chi connectivity index (χ4n) is 3.60. The largest absolute Gasteiger partial charge is 0.362 e. The van der Waals surface area contributed by atoms with Crippen LogP contribution in [0.2, 0.25) is 0 Å². The molecule has 2 aliphatic rings. The summed E-state index contributed by atoms with van der Waals surface area (Å²) in [5.41, 5.74) is 2.26. The summed E-state index contributed by atoms with van der Waals surface area (Å²) in [4.78, 5) is 26.7. The number of rotatable bonds is 4. The third kappa shape index (κ3) is 3.40. The van der Waals surface area contributed by atoms with Gasteiger partial charge in [0.1, 0.15) is 5.66 Å². The van der Waals surface area contributed by atoms with E-state index in [9.17, 15) is 9.59 Å². The summed E-state index contributed by atoms with van der Waals surface area (Å²) in [6, 6.07) is 5.91. The van der Waals surface area contributed by atoms with E-state index in [-0.39, 0.29) is 11.8 Å². The molecule has 130 valence electrons. The van der Waals surface area contributed by atoms with E-state index in [1.54, 1.807) is 0 Å². The molecule has 2 heterocycles. The van der Waals surface area contributed by atoms with E-state index in [4.69, 9.17) is 0 Å². The Morgan fingerprint density at radius 2 is 1.96 bits per heavy atom. The van der Waals surface area contributed by atoms with Gasteiger partial charge >= 0.3 is 0 Å². The number of nitrogens with one attached hydrogen (secondary N) is 2. The standard InChI is InChI=1S/C19H27N3O2/c1-3-4-5-6-17(23)22-11-9-19(10-12-22)20-16-8-7-14(2)13-15(16)18(24)21-19/h7-8,13,20H,3-6,9-12H2,1-2H3,(H,21,24). The average molecular weight is 329 g/mol. The number of carbonyl (C=O) groups is 2. The van der Waals surface area contributed by atoms with E-state index in [1.165, 1.54) is 0 Å². The quantitative estimate of drug-likeness (QED) is 0.835. The van der Waals surface area contributed by atoms with Crippen molar-refractivity contribution in [2.75, 3.05) is 18.4 Å². The first kappa shape index (κ1) is 16.8. The molecule has 2 aliphatic heterocycles. The molecule has 2 amide bonds. The van der Waals surface area contributed by atoms with Gasteiger partial charge in [-0.3, -0.25) is 9.59 Å². The molecule has 0 saturated carbocycles. The zero-order chi connectivity index (χ0) is 17.2. The van der Waals surface area contributed by atoms with Gasteiger partial charge in [-0.1, -0.05) is 31.4 Å². The first-order valence-corrected chi connectivity index (χ1v) is 9.02. The number of anilines is 1. The number of unbranched alkanes of at least 4 members (excludes halogenated alkanes) is 2. The summed E-state index contributed by atoms with van der Waals surface area (Å²) in [5.74, 6) is 0.228. The normalized spacial score (nSPS) is 18.8. The number of amides is 2. The predicted molar refractivity (Wildman–Crippen MR) is 95.0 cm³/mol. The minimum Gasteiger partial charge on any atom is -0.362 e. The van der Waals surface area contributed by atoms with Gasteiger partial charge in [0, 0.05) is 38.0 Å². The third-order valence-corrected chi connectivity index (χ3v) is 5.11. The molecule has 1 aromatic carbocycles. The number of likely N-dealkylation sites (tertiary alicyclic amines) is 1. The van der Waals surface area contributed by atoms with Crippen LogP contribution in [-0.2, 0) is 4.79 Å². The van der Waals surface area contributed by atoms with Crippen LogP contribution in [-0.4, -0.2) is 35.5 Å². The number of aryl methyl sites for hydroxylation is 1. The van der Waals surface area contributed by atoms with Crippen LogP contribution in [0.3, 0.4) is 0 Å². The lowest BCUT2D eigenvalue weighted by molar-refractivity contribution is -0.132. The zero-order valence-corrected chi connectivity index (χ0v) is 14.7. The Morgan fingerprint density at radius 3 is 2.67 bits per heavy atom. The number of carbonyl (C=O) groups excluding carboxylic acids is 2. The second-order valence-corrected chi connectivity index (χ2v) is 7.05. The highest BCUT2D eigenvalue weighted by Crippen LogP contribution is 2.32. The van der Waals surface area contributed by atoms with Crippen molar-refractivity contribution in [1.82, 2.24) is 10.2 Å². The Balaban J connectivity index is 1.63. The van der Waals surface area contributed by atoms with Gasteiger partial charge in [0.25, 0.3) is 5.91 Å². The van der Waals surface area contributed by atoms with Crippen LogP contribution in [0.5, 0.6) is 0 Å². The second-order valence-electron chi connectivity index (χ2n) is 7.05. The maximum atomic E-state index is 12.5. The topological polar surface area (TPSA) is 61.4 Å². The molecule has 24 heavy (non-hydrogen) atoms. The SMILES string of the molecule is CCCCCC(=O)N1CCC2(CC1)NC(=O)c1cc(C)ccc1N2. The van der Waals surface area contributed by atoms with Crippen LogP contribution in [0.4, 0.5) is 5.69 Å². The molecule has 0 radical (unpaired) electrons. The Kier molecular flexibility index (Phi) is 4.78. The first-order valence-electron chi connectivity index (χ1n) is 9.02. The monoisotopic (exact) mass is 329 g/mol. The molecule has 1 saturated heterocycles. The van der Waals surface area contributed by atoms with E-state index in [0.29, 0.717) is 25.1 Å². The molecule has 2 N–H and O–H groups in total. The van der Waals surface area contributed by atoms with Gasteiger partial charge in [-0.25, -0.2) is 0 Å². The van der Waals surface area contributed by atoms with Crippen molar-refractivity contribution in [2.24, 2.45) is 0 Å². The van der Waals surface area contributed by atoms with Crippen molar-refractivity contribution in [3.63, 3.8) is 0 Å². The van der Waals surface area contributed by atoms with E-state index >= 15 is 0 Å². The number of hydrogen-bond acceptors (Lipinski definition) is 3. The minimum absolute atomic E-state index is 0.0184. The highest BCUT2D eigenvalue weighted by molar-refractivity contribution is 6.02. The smallest absolute Gasteiger partial charge is 0.255 e. The van der Waals surface area contributed by atoms with Crippen molar-refractivity contribution in [3.05, 3.63) is 29.3 Å². The van der Waals surface area contributed by atoms with Crippen LogP contribution in [0.25, 0.3) is 0 Å². The Labute approximate surface area is 143 Å². The van der Waals surface area contributed by atoms with E-state index < -0.39 is 5.66 Å². The summed E-state index contributed by atoms with van der Waals surface area (Å²) in [5, 5.41) is 6.65. The molecule has 5 heteroatoms. The van der Waals surface area contributed by atoms with Gasteiger partial charge in [0.15, 0.2) is 0 Å². The summed E-state index contributed by atoms with van der Waals surface area (Å²) >= 11 is 0. The summed E-state index contributed by atoms with van der Waals surface area (Å²) < 4.78 is 0. The van der Waals surface area contributed by atoms with Gasteiger partial charge in [-0.15, -0.1) is 0 Å². The molecule has 0 aliphatic carbocycles. The number of piperidine rings is 1. The molecule has 0 unspecified atom stereocenters. The molecule has 1 spiro atoms. The van der Waals surface area contributed by atoms with Gasteiger partial charge in [0.05, 0.1) is 5.56 Å². The highest BCUT2D eigenvalue weighted by atomic mass is 16.2. The van der Waals surface area contributed by atoms with Crippen LogP contribution >= 0.6 is 0 Å². The van der Waals surface area contributed by atoms with Crippen LogP contribution < -0.4 is 10.6 Å². The molecule has 3 rings (SSSR count). The third-order valence-electron chi connectivity index (χ3n) is 5.11. The maximum Gasteiger partial charge on any atom is 0.255 e. The predicted octanol–water partition coefficient (Wildman–Crippen LogP) is 3.05. The zero-order valence-electron chi connectivity index (χ0n) is 14.7. The van der Waals surface area contributed by atoms with Gasteiger partial charge in [-0.05, 0) is 25.5 Å². The highest BCUT2D eigenvalue weighted by Gasteiger charge is 2.40. The number of benzene rings is 1. The molecule has 0 atom stereocenters. The summed E-state index contributed by atoms with van der Waals surface area (Å²) in [6.07, 6.45) is 5.33. The van der Waals surface area contributed by atoms with Crippen LogP contribution in [0.15, 0.2) is 18.2 Å². The molecule has 1 fully saturated rings. The van der Waals surface area contributed by atoms with Crippen molar-refractivity contribution < 1.29 is 9.59 Å². The molecule has 0 bridgehead atoms. The van der Waals surface area contributed by atoms with Crippen molar-refractivity contribution in [1.29, 1.82) is 0 Å². The minimum atomic E-state index is -0.417. The van der Waals surface area contributed by atoms with Gasteiger partial charge in [-0.2, -0.15) is 0 Å². The van der Waals surface area contributed by atoms with E-state index in [0.717, 1.165) is 43.4 Å². The lowest BCUT2D eigenvalue weighted by Gasteiger charge is -2.46. The van der Waals surface area contributed by atoms with E-state index in [2.05, 4.69) is 17.6 Å². The summed E-state index contributed by atoms with van der Waals surface area (Å²) in [7, 11) is 0. The van der Waals surface area contributed by atoms with Crippen molar-refractivity contribution in [2.45, 2.75) is 58.0 Å². The summed E-state index contributed by atoms with van der Waals surface area (Å²) in [6.45, 7) is 5.52. The fourth-order valence-corrected chi connectivity index (χ4v) is 3.60. The lowest BCUT2D eigenvalue weighted by Crippen LogP contribution is -2.62. The molecule has 1 aromatic rings. The fraction of sp³-hybridized carbons (Fsp3) is 0.579. The second kappa shape index (κ2) is 6.83. The Bertz CT molecular complexity index is 633. The number of fused-ring (bicyclic) bond motifs is 1. The van der Waals surface area contributed by atoms with Crippen LogP contribution in [0.1, 0.15) is 61.4 Å². The Morgan fingerprint density at radius 1 is 1.21 bits per heavy atom.